The highest BCUT2D eigenvalue weighted by atomic mass is 32.2. The Hall–Kier alpha value is -1.05. The molecule has 1 rings (SSSR count). The number of carboxylic acid groups (broad SMARTS) is 1. The van der Waals surface area contributed by atoms with Gasteiger partial charge < -0.3 is 5.11 Å². The molecule has 0 bridgehead atoms. The van der Waals surface area contributed by atoms with Crippen molar-refractivity contribution in [2.24, 2.45) is 0 Å². The molecule has 5 nitrogen and oxygen atoms in total. The SMILES string of the molecule is CSCCCNS(=O)(=O)Cc1cccc(C(=O)O)c1. The molecule has 0 aliphatic carbocycles. The molecular weight excluding hydrogens is 286 g/mol. The molecule has 0 spiro atoms. The van der Waals surface area contributed by atoms with Crippen LogP contribution in [0.2, 0.25) is 0 Å². The normalized spacial score (nSPS) is 11.4. The molecule has 0 radical (unpaired) electrons. The second-order valence-electron chi connectivity index (χ2n) is 4.01. The van der Waals surface area contributed by atoms with Crippen LogP contribution in [0.25, 0.3) is 0 Å². The molecular formula is C12H17NO4S2. The van der Waals surface area contributed by atoms with Crippen LogP contribution in [0.5, 0.6) is 0 Å². The third-order valence-electron chi connectivity index (χ3n) is 2.38. The molecule has 7 heteroatoms. The number of aromatic carboxylic acids is 1. The summed E-state index contributed by atoms with van der Waals surface area (Å²) in [5, 5.41) is 8.84. The molecule has 0 fully saturated rings. The Morgan fingerprint density at radius 2 is 2.16 bits per heavy atom. The van der Waals surface area contributed by atoms with E-state index in [1.807, 2.05) is 6.26 Å². The summed E-state index contributed by atoms with van der Waals surface area (Å²) in [4.78, 5) is 10.8. The van der Waals surface area contributed by atoms with Crippen LogP contribution in [0.4, 0.5) is 0 Å². The van der Waals surface area contributed by atoms with Crippen LogP contribution in [0.3, 0.4) is 0 Å². The van der Waals surface area contributed by atoms with Crippen molar-refractivity contribution in [3.8, 4) is 0 Å². The lowest BCUT2D eigenvalue weighted by Gasteiger charge is -2.07. The predicted octanol–water partition coefficient (Wildman–Crippen LogP) is 1.56. The summed E-state index contributed by atoms with van der Waals surface area (Å²) in [6.45, 7) is 0.405. The van der Waals surface area contributed by atoms with E-state index in [1.165, 1.54) is 12.1 Å². The highest BCUT2D eigenvalue weighted by Gasteiger charge is 2.12. The van der Waals surface area contributed by atoms with E-state index in [0.717, 1.165) is 12.2 Å². The Bertz CT molecular complexity index is 528. The Labute approximate surface area is 117 Å². The highest BCUT2D eigenvalue weighted by molar-refractivity contribution is 7.98. The molecule has 0 aliphatic rings. The summed E-state index contributed by atoms with van der Waals surface area (Å²) in [5.41, 5.74) is 0.562. The van der Waals surface area contributed by atoms with Crippen LogP contribution in [-0.4, -0.2) is 38.0 Å². The molecule has 0 saturated carbocycles. The van der Waals surface area contributed by atoms with Gasteiger partial charge in [0.1, 0.15) is 0 Å². The second kappa shape index (κ2) is 7.52. The molecule has 0 aliphatic heterocycles. The molecule has 19 heavy (non-hydrogen) atoms. The van der Waals surface area contributed by atoms with Gasteiger partial charge in [0, 0.05) is 6.54 Å². The van der Waals surface area contributed by atoms with E-state index in [4.69, 9.17) is 5.11 Å². The summed E-state index contributed by atoms with van der Waals surface area (Å²) in [6, 6.07) is 5.96. The maximum absolute atomic E-state index is 11.8. The molecule has 1 aromatic rings. The van der Waals surface area contributed by atoms with Crippen molar-refractivity contribution in [3.63, 3.8) is 0 Å². The Morgan fingerprint density at radius 1 is 1.42 bits per heavy atom. The van der Waals surface area contributed by atoms with Gasteiger partial charge in [-0.1, -0.05) is 12.1 Å². The molecule has 0 saturated heterocycles. The Morgan fingerprint density at radius 3 is 2.79 bits per heavy atom. The first-order chi connectivity index (χ1) is 8.94. The number of nitrogens with one attached hydrogen (secondary N) is 1. The van der Waals surface area contributed by atoms with Gasteiger partial charge >= 0.3 is 5.97 Å². The minimum Gasteiger partial charge on any atom is -0.478 e. The van der Waals surface area contributed by atoms with E-state index in [9.17, 15) is 13.2 Å². The average molecular weight is 303 g/mol. The average Bonchev–Trinajstić information content (AvgIpc) is 2.34. The topological polar surface area (TPSA) is 83.5 Å². The van der Waals surface area contributed by atoms with Gasteiger partial charge in [0.15, 0.2) is 0 Å². The number of carbonyl (C=O) groups is 1. The molecule has 2 N–H and O–H groups in total. The quantitative estimate of drug-likeness (QED) is 0.712. The minimum atomic E-state index is -3.41. The van der Waals surface area contributed by atoms with E-state index < -0.39 is 16.0 Å². The van der Waals surface area contributed by atoms with Gasteiger partial charge in [0.25, 0.3) is 0 Å². The first kappa shape index (κ1) is 16.0. The number of rotatable bonds is 8. The second-order valence-corrected chi connectivity index (χ2v) is 6.80. The van der Waals surface area contributed by atoms with Crippen molar-refractivity contribution in [1.29, 1.82) is 0 Å². The summed E-state index contributed by atoms with van der Waals surface area (Å²) in [7, 11) is -3.41. The first-order valence-electron chi connectivity index (χ1n) is 5.73. The molecule has 0 unspecified atom stereocenters. The van der Waals surface area contributed by atoms with E-state index in [1.54, 1.807) is 23.9 Å². The maximum Gasteiger partial charge on any atom is 0.335 e. The lowest BCUT2D eigenvalue weighted by Crippen LogP contribution is -2.26. The predicted molar refractivity (Wildman–Crippen MR) is 77.0 cm³/mol. The van der Waals surface area contributed by atoms with Crippen molar-refractivity contribution in [3.05, 3.63) is 35.4 Å². The zero-order chi connectivity index (χ0) is 14.3. The third-order valence-corrected chi connectivity index (χ3v) is 4.43. The van der Waals surface area contributed by atoms with Gasteiger partial charge in [-0.05, 0) is 36.1 Å². The van der Waals surface area contributed by atoms with E-state index in [-0.39, 0.29) is 11.3 Å². The van der Waals surface area contributed by atoms with Gasteiger partial charge in [-0.25, -0.2) is 17.9 Å². The van der Waals surface area contributed by atoms with Crippen LogP contribution in [0.15, 0.2) is 24.3 Å². The number of hydrogen-bond donors (Lipinski definition) is 2. The molecule has 0 heterocycles. The van der Waals surface area contributed by atoms with Crippen molar-refractivity contribution in [1.82, 2.24) is 4.72 Å². The van der Waals surface area contributed by atoms with E-state index >= 15 is 0 Å². The van der Waals surface area contributed by atoms with Crippen molar-refractivity contribution in [2.75, 3.05) is 18.6 Å². The van der Waals surface area contributed by atoms with Crippen LogP contribution in [0.1, 0.15) is 22.3 Å². The van der Waals surface area contributed by atoms with Gasteiger partial charge in [0.2, 0.25) is 10.0 Å². The smallest absolute Gasteiger partial charge is 0.335 e. The number of carboxylic acids is 1. The number of hydrogen-bond acceptors (Lipinski definition) is 4. The van der Waals surface area contributed by atoms with Gasteiger partial charge in [-0.15, -0.1) is 0 Å². The summed E-state index contributed by atoms with van der Waals surface area (Å²) < 4.78 is 26.1. The number of sulfonamides is 1. The monoisotopic (exact) mass is 303 g/mol. The van der Waals surface area contributed by atoms with Crippen LogP contribution < -0.4 is 4.72 Å². The minimum absolute atomic E-state index is 0.0927. The van der Waals surface area contributed by atoms with Crippen molar-refractivity contribution < 1.29 is 18.3 Å². The summed E-state index contributed by atoms with van der Waals surface area (Å²) in [6.07, 6.45) is 2.74. The molecule has 106 valence electrons. The lowest BCUT2D eigenvalue weighted by molar-refractivity contribution is 0.0696. The van der Waals surface area contributed by atoms with Gasteiger partial charge in [0.05, 0.1) is 11.3 Å². The lowest BCUT2D eigenvalue weighted by atomic mass is 10.1. The maximum atomic E-state index is 11.8. The zero-order valence-electron chi connectivity index (χ0n) is 10.6. The zero-order valence-corrected chi connectivity index (χ0v) is 12.3. The number of thioether (sulfide) groups is 1. The fourth-order valence-electron chi connectivity index (χ4n) is 1.51. The fourth-order valence-corrected chi connectivity index (χ4v) is 3.12. The van der Waals surface area contributed by atoms with Gasteiger partial charge in [-0.3, -0.25) is 0 Å². The summed E-state index contributed by atoms with van der Waals surface area (Å²) in [5.74, 6) is -0.364. The van der Waals surface area contributed by atoms with Crippen LogP contribution in [0, 0.1) is 0 Å². The van der Waals surface area contributed by atoms with Crippen molar-refractivity contribution >= 4 is 27.8 Å². The standard InChI is InChI=1S/C12H17NO4S2/c1-18-7-3-6-13-19(16,17)9-10-4-2-5-11(8-10)12(14)15/h2,4-5,8,13H,3,6-7,9H2,1H3,(H,14,15). The molecule has 0 aromatic heterocycles. The molecule has 1 aromatic carbocycles. The Kier molecular flexibility index (Phi) is 6.33. The largest absolute Gasteiger partial charge is 0.478 e. The molecule has 0 amide bonds. The first-order valence-corrected chi connectivity index (χ1v) is 8.78. The summed E-state index contributed by atoms with van der Waals surface area (Å²) >= 11 is 1.66. The highest BCUT2D eigenvalue weighted by Crippen LogP contribution is 2.09. The third kappa shape index (κ3) is 6.09. The fraction of sp³-hybridized carbons (Fsp3) is 0.417. The van der Waals surface area contributed by atoms with E-state index in [2.05, 4.69) is 4.72 Å². The number of benzene rings is 1. The Balaban J connectivity index is 2.62. The van der Waals surface area contributed by atoms with Gasteiger partial charge in [-0.2, -0.15) is 11.8 Å². The van der Waals surface area contributed by atoms with Crippen LogP contribution >= 0.6 is 11.8 Å². The van der Waals surface area contributed by atoms with Crippen molar-refractivity contribution in [2.45, 2.75) is 12.2 Å². The molecule has 0 atom stereocenters. The van der Waals surface area contributed by atoms with Crippen LogP contribution in [-0.2, 0) is 15.8 Å². The van der Waals surface area contributed by atoms with E-state index in [0.29, 0.717) is 12.1 Å².